The zero-order chi connectivity index (χ0) is 9.42. The summed E-state index contributed by atoms with van der Waals surface area (Å²) >= 11 is 3.27. The number of carboxylic acids is 1. The van der Waals surface area contributed by atoms with Crippen LogP contribution in [0.3, 0.4) is 0 Å². The first-order chi connectivity index (χ1) is 6.16. The Labute approximate surface area is 83.9 Å². The van der Waals surface area contributed by atoms with Gasteiger partial charge in [0.1, 0.15) is 5.69 Å². The predicted molar refractivity (Wildman–Crippen MR) is 50.9 cm³/mol. The number of rotatable bonds is 2. The van der Waals surface area contributed by atoms with Gasteiger partial charge in [-0.3, -0.25) is 0 Å². The minimum absolute atomic E-state index is 0.122. The largest absolute Gasteiger partial charge is 0.477 e. The van der Waals surface area contributed by atoms with Crippen LogP contribution >= 0.6 is 15.9 Å². The van der Waals surface area contributed by atoms with E-state index < -0.39 is 5.97 Å². The van der Waals surface area contributed by atoms with E-state index in [4.69, 9.17) is 5.11 Å². The molecule has 0 saturated heterocycles. The highest BCUT2D eigenvalue weighted by atomic mass is 79.9. The quantitative estimate of drug-likeness (QED) is 0.866. The number of carbonyl (C=O) groups is 1. The molecular formula is C9H8BrNO2. The number of hydrogen-bond acceptors (Lipinski definition) is 2. The Balaban J connectivity index is 2.41. The van der Waals surface area contributed by atoms with E-state index in [1.807, 2.05) is 6.07 Å². The molecule has 1 aromatic heterocycles. The van der Waals surface area contributed by atoms with Crippen LogP contribution in [0.15, 0.2) is 16.6 Å². The Hall–Kier alpha value is -0.900. The first-order valence-corrected chi connectivity index (χ1v) is 4.87. The average Bonchev–Trinajstić information content (AvgIpc) is 2.85. The van der Waals surface area contributed by atoms with Gasteiger partial charge < -0.3 is 5.11 Å². The van der Waals surface area contributed by atoms with Crippen molar-refractivity contribution in [2.75, 3.05) is 0 Å². The number of halogens is 1. The summed E-state index contributed by atoms with van der Waals surface area (Å²) in [7, 11) is 0. The van der Waals surface area contributed by atoms with Crippen LogP contribution in [-0.4, -0.2) is 16.1 Å². The number of pyridine rings is 1. The summed E-state index contributed by atoms with van der Waals surface area (Å²) in [4.78, 5) is 14.7. The topological polar surface area (TPSA) is 50.2 Å². The maximum atomic E-state index is 10.7. The van der Waals surface area contributed by atoms with E-state index in [1.165, 1.54) is 6.07 Å². The van der Waals surface area contributed by atoms with Crippen LogP contribution in [0.2, 0.25) is 0 Å². The molecule has 0 radical (unpaired) electrons. The summed E-state index contributed by atoms with van der Waals surface area (Å²) in [5, 5.41) is 8.75. The van der Waals surface area contributed by atoms with E-state index in [0.29, 0.717) is 5.92 Å². The lowest BCUT2D eigenvalue weighted by Gasteiger charge is -2.00. The van der Waals surface area contributed by atoms with Crippen molar-refractivity contribution >= 4 is 21.9 Å². The molecule has 1 aromatic rings. The Morgan fingerprint density at radius 1 is 1.54 bits per heavy atom. The van der Waals surface area contributed by atoms with Gasteiger partial charge in [0.05, 0.1) is 0 Å². The van der Waals surface area contributed by atoms with Gasteiger partial charge in [-0.1, -0.05) is 15.9 Å². The summed E-state index contributed by atoms with van der Waals surface area (Å²) in [5.74, 6) is -0.487. The van der Waals surface area contributed by atoms with Gasteiger partial charge >= 0.3 is 5.97 Å². The number of aromatic carboxylic acids is 1. The first-order valence-electron chi connectivity index (χ1n) is 4.07. The van der Waals surface area contributed by atoms with Crippen LogP contribution in [0.5, 0.6) is 0 Å². The number of nitrogens with zero attached hydrogens (tertiary/aromatic N) is 1. The van der Waals surface area contributed by atoms with Gasteiger partial charge in [0.25, 0.3) is 0 Å². The van der Waals surface area contributed by atoms with Gasteiger partial charge in [-0.05, 0) is 25.0 Å². The summed E-state index contributed by atoms with van der Waals surface area (Å²) in [6.07, 6.45) is 2.25. The van der Waals surface area contributed by atoms with Crippen molar-refractivity contribution in [1.82, 2.24) is 4.98 Å². The molecule has 0 amide bonds. The molecule has 1 aliphatic carbocycles. The summed E-state index contributed by atoms with van der Waals surface area (Å²) < 4.78 is 0.793. The lowest BCUT2D eigenvalue weighted by molar-refractivity contribution is 0.0690. The predicted octanol–water partition coefficient (Wildman–Crippen LogP) is 2.42. The molecule has 1 saturated carbocycles. The molecule has 0 unspecified atom stereocenters. The third-order valence-corrected chi connectivity index (χ3v) is 2.48. The Bertz CT molecular complexity index is 361. The summed E-state index contributed by atoms with van der Waals surface area (Å²) in [6, 6.07) is 3.42. The van der Waals surface area contributed by atoms with Crippen LogP contribution < -0.4 is 0 Å². The molecule has 13 heavy (non-hydrogen) atoms. The average molecular weight is 242 g/mol. The fraction of sp³-hybridized carbons (Fsp3) is 0.333. The molecule has 1 heterocycles. The molecular weight excluding hydrogens is 234 g/mol. The van der Waals surface area contributed by atoms with Crippen LogP contribution in [0, 0.1) is 0 Å². The number of aromatic nitrogens is 1. The van der Waals surface area contributed by atoms with Crippen molar-refractivity contribution in [2.45, 2.75) is 18.8 Å². The first kappa shape index (κ1) is 8.69. The minimum Gasteiger partial charge on any atom is -0.477 e. The van der Waals surface area contributed by atoms with E-state index in [0.717, 1.165) is 23.0 Å². The van der Waals surface area contributed by atoms with E-state index in [2.05, 4.69) is 20.9 Å². The Morgan fingerprint density at radius 2 is 2.23 bits per heavy atom. The van der Waals surface area contributed by atoms with Crippen molar-refractivity contribution in [2.24, 2.45) is 0 Å². The lowest BCUT2D eigenvalue weighted by atomic mass is 10.2. The SMILES string of the molecule is O=C(O)c1cc(Br)cc(C2CC2)n1. The van der Waals surface area contributed by atoms with Gasteiger partial charge in [0.2, 0.25) is 0 Å². The van der Waals surface area contributed by atoms with Crippen molar-refractivity contribution in [3.63, 3.8) is 0 Å². The monoisotopic (exact) mass is 241 g/mol. The molecule has 0 aromatic carbocycles. The highest BCUT2D eigenvalue weighted by molar-refractivity contribution is 9.10. The van der Waals surface area contributed by atoms with Crippen molar-refractivity contribution in [3.8, 4) is 0 Å². The number of carboxylic acid groups (broad SMARTS) is 1. The molecule has 0 bridgehead atoms. The van der Waals surface area contributed by atoms with Crippen molar-refractivity contribution in [3.05, 3.63) is 28.0 Å². The highest BCUT2D eigenvalue weighted by Gasteiger charge is 2.26. The van der Waals surface area contributed by atoms with Gasteiger partial charge in [-0.15, -0.1) is 0 Å². The fourth-order valence-electron chi connectivity index (χ4n) is 1.21. The summed E-state index contributed by atoms with van der Waals surface area (Å²) in [5.41, 5.74) is 1.02. The van der Waals surface area contributed by atoms with Crippen LogP contribution in [0.25, 0.3) is 0 Å². The lowest BCUT2D eigenvalue weighted by Crippen LogP contribution is -2.02. The maximum Gasteiger partial charge on any atom is 0.354 e. The van der Waals surface area contributed by atoms with Gasteiger partial charge in [0, 0.05) is 16.1 Å². The highest BCUT2D eigenvalue weighted by Crippen LogP contribution is 2.39. The molecule has 3 nitrogen and oxygen atoms in total. The Kier molecular flexibility index (Phi) is 2.07. The van der Waals surface area contributed by atoms with Crippen molar-refractivity contribution < 1.29 is 9.90 Å². The van der Waals surface area contributed by atoms with E-state index in [1.54, 1.807) is 0 Å². The third kappa shape index (κ3) is 1.88. The molecule has 0 spiro atoms. The normalized spacial score (nSPS) is 15.8. The van der Waals surface area contributed by atoms with Crippen LogP contribution in [-0.2, 0) is 0 Å². The zero-order valence-electron chi connectivity index (χ0n) is 6.83. The zero-order valence-corrected chi connectivity index (χ0v) is 8.41. The summed E-state index contributed by atoms with van der Waals surface area (Å²) in [6.45, 7) is 0. The molecule has 1 N–H and O–H groups in total. The fourth-order valence-corrected chi connectivity index (χ4v) is 1.67. The third-order valence-electron chi connectivity index (χ3n) is 2.02. The second-order valence-corrected chi connectivity index (χ2v) is 4.09. The van der Waals surface area contributed by atoms with Gasteiger partial charge in [0.15, 0.2) is 0 Å². The maximum absolute atomic E-state index is 10.7. The second kappa shape index (κ2) is 3.10. The smallest absolute Gasteiger partial charge is 0.354 e. The Morgan fingerprint density at radius 3 is 2.77 bits per heavy atom. The van der Waals surface area contributed by atoms with Gasteiger partial charge in [-0.25, -0.2) is 9.78 Å². The minimum atomic E-state index is -0.969. The molecule has 68 valence electrons. The molecule has 0 aliphatic heterocycles. The standard InChI is InChI=1S/C9H8BrNO2/c10-6-3-7(5-1-2-5)11-8(4-6)9(12)13/h3-5H,1-2H2,(H,12,13). The van der Waals surface area contributed by atoms with Crippen LogP contribution in [0.1, 0.15) is 34.9 Å². The van der Waals surface area contributed by atoms with Gasteiger partial charge in [-0.2, -0.15) is 0 Å². The van der Waals surface area contributed by atoms with Crippen LogP contribution in [0.4, 0.5) is 0 Å². The second-order valence-electron chi connectivity index (χ2n) is 3.17. The molecule has 1 fully saturated rings. The molecule has 2 rings (SSSR count). The van der Waals surface area contributed by atoms with E-state index in [9.17, 15) is 4.79 Å². The molecule has 1 aliphatic rings. The molecule has 0 atom stereocenters. The molecule has 4 heteroatoms. The van der Waals surface area contributed by atoms with Crippen molar-refractivity contribution in [1.29, 1.82) is 0 Å². The van der Waals surface area contributed by atoms with E-state index in [-0.39, 0.29) is 5.69 Å². The number of hydrogen-bond donors (Lipinski definition) is 1. The van der Waals surface area contributed by atoms with E-state index >= 15 is 0 Å².